The summed E-state index contributed by atoms with van der Waals surface area (Å²) in [5.74, 6) is 1.92. The molecule has 0 aliphatic heterocycles. The number of rotatable bonds is 6. The smallest absolute Gasteiger partial charge is 0.226 e. The van der Waals surface area contributed by atoms with Crippen LogP contribution in [-0.4, -0.2) is 25.6 Å². The van der Waals surface area contributed by atoms with Crippen LogP contribution in [0.15, 0.2) is 28.8 Å². The van der Waals surface area contributed by atoms with E-state index < -0.39 is 0 Å². The number of nitrogens with zero attached hydrogens (tertiary/aromatic N) is 4. The number of amides is 1. The van der Waals surface area contributed by atoms with Crippen LogP contribution < -0.4 is 5.32 Å². The van der Waals surface area contributed by atoms with Crippen LogP contribution in [0.2, 0.25) is 0 Å². The molecule has 2 aromatic heterocycles. The maximum absolute atomic E-state index is 12.6. The summed E-state index contributed by atoms with van der Waals surface area (Å²) in [5, 5.41) is 7.10. The number of para-hydroxylation sites is 2. The number of carbonyl (C=O) groups excluding carboxylic acids is 1. The molecule has 0 saturated heterocycles. The summed E-state index contributed by atoms with van der Waals surface area (Å²) < 4.78 is 7.56. The van der Waals surface area contributed by atoms with Crippen LogP contribution >= 0.6 is 0 Å². The first-order chi connectivity index (χ1) is 14.4. The minimum absolute atomic E-state index is 0.0297. The monoisotopic (exact) mass is 409 g/mol. The van der Waals surface area contributed by atoms with Gasteiger partial charge in [0.2, 0.25) is 17.7 Å². The normalized spacial score (nSPS) is 15.6. The van der Waals surface area contributed by atoms with Gasteiger partial charge in [-0.1, -0.05) is 57.3 Å². The lowest BCUT2D eigenvalue weighted by atomic mass is 9.95. The van der Waals surface area contributed by atoms with Crippen molar-refractivity contribution in [2.75, 3.05) is 5.32 Å². The molecule has 160 valence electrons. The second kappa shape index (κ2) is 8.58. The van der Waals surface area contributed by atoms with Crippen molar-refractivity contribution in [1.82, 2.24) is 19.7 Å². The average molecular weight is 410 g/mol. The maximum atomic E-state index is 12.6. The molecule has 1 aromatic carbocycles. The highest BCUT2D eigenvalue weighted by molar-refractivity contribution is 5.91. The van der Waals surface area contributed by atoms with Gasteiger partial charge in [0.1, 0.15) is 0 Å². The fraction of sp³-hybridized carbons (Fsp3) is 0.565. The second-order valence-electron chi connectivity index (χ2n) is 9.25. The molecule has 1 amide bonds. The van der Waals surface area contributed by atoms with Crippen LogP contribution in [0.25, 0.3) is 11.0 Å². The molecule has 1 fully saturated rings. The summed E-state index contributed by atoms with van der Waals surface area (Å²) in [4.78, 5) is 21.8. The standard InChI is InChI=1S/C23H31N5O2/c1-23(2,3)21-26-20(30-27-21)15-9-14-19(29)25-22-24-17-12-7-8-13-18(17)28(22)16-10-5-4-6-11-16/h7-8,12-13,16H,4-6,9-11,14-15H2,1-3H3,(H,24,25,29). The molecule has 1 aliphatic carbocycles. The van der Waals surface area contributed by atoms with Gasteiger partial charge < -0.3 is 9.09 Å². The molecule has 7 heteroatoms. The van der Waals surface area contributed by atoms with Crippen molar-refractivity contribution in [2.24, 2.45) is 0 Å². The Kier molecular flexibility index (Phi) is 5.88. The van der Waals surface area contributed by atoms with E-state index in [0.29, 0.717) is 43.0 Å². The van der Waals surface area contributed by atoms with Gasteiger partial charge in [0.05, 0.1) is 11.0 Å². The SMILES string of the molecule is CC(C)(C)c1noc(CCCC(=O)Nc2nc3ccccc3n2C2CCCCC2)n1. The maximum Gasteiger partial charge on any atom is 0.226 e. The lowest BCUT2D eigenvalue weighted by Crippen LogP contribution is -2.19. The number of anilines is 1. The number of aromatic nitrogens is 4. The lowest BCUT2D eigenvalue weighted by Gasteiger charge is -2.25. The zero-order chi connectivity index (χ0) is 21.1. The number of imidazole rings is 1. The Morgan fingerprint density at radius 3 is 2.67 bits per heavy atom. The van der Waals surface area contributed by atoms with Gasteiger partial charge in [0.25, 0.3) is 0 Å². The van der Waals surface area contributed by atoms with E-state index in [2.05, 4.69) is 26.1 Å². The van der Waals surface area contributed by atoms with Crippen LogP contribution in [0.4, 0.5) is 5.95 Å². The molecular formula is C23H31N5O2. The summed E-state index contributed by atoms with van der Waals surface area (Å²) in [6, 6.07) is 8.52. The molecule has 1 N–H and O–H groups in total. The predicted molar refractivity (Wildman–Crippen MR) is 116 cm³/mol. The van der Waals surface area contributed by atoms with E-state index in [9.17, 15) is 4.79 Å². The van der Waals surface area contributed by atoms with E-state index in [4.69, 9.17) is 9.51 Å². The Hall–Kier alpha value is -2.70. The number of carbonyl (C=O) groups is 1. The van der Waals surface area contributed by atoms with Gasteiger partial charge >= 0.3 is 0 Å². The Labute approximate surface area is 177 Å². The first-order valence-corrected chi connectivity index (χ1v) is 11.0. The van der Waals surface area contributed by atoms with Crippen molar-refractivity contribution in [3.05, 3.63) is 36.0 Å². The third kappa shape index (κ3) is 4.55. The number of fused-ring (bicyclic) bond motifs is 1. The fourth-order valence-electron chi connectivity index (χ4n) is 4.09. The zero-order valence-corrected chi connectivity index (χ0v) is 18.1. The first kappa shape index (κ1) is 20.6. The zero-order valence-electron chi connectivity index (χ0n) is 18.1. The van der Waals surface area contributed by atoms with E-state index >= 15 is 0 Å². The van der Waals surface area contributed by atoms with E-state index in [1.807, 2.05) is 39.0 Å². The summed E-state index contributed by atoms with van der Waals surface area (Å²) in [5.41, 5.74) is 1.89. The number of hydrogen-bond donors (Lipinski definition) is 1. The molecule has 4 rings (SSSR count). The van der Waals surface area contributed by atoms with Gasteiger partial charge in [0, 0.05) is 24.3 Å². The van der Waals surface area contributed by atoms with Gasteiger partial charge in [-0.25, -0.2) is 4.98 Å². The molecule has 1 saturated carbocycles. The molecule has 0 radical (unpaired) electrons. The van der Waals surface area contributed by atoms with Crippen LogP contribution in [0.5, 0.6) is 0 Å². The van der Waals surface area contributed by atoms with Crippen LogP contribution in [0, 0.1) is 0 Å². The Morgan fingerprint density at radius 1 is 1.17 bits per heavy atom. The summed E-state index contributed by atoms with van der Waals surface area (Å²) >= 11 is 0. The molecule has 0 bridgehead atoms. The quantitative estimate of drug-likeness (QED) is 0.606. The van der Waals surface area contributed by atoms with Gasteiger partial charge in [-0.3, -0.25) is 10.1 Å². The molecule has 3 aromatic rings. The van der Waals surface area contributed by atoms with E-state index in [-0.39, 0.29) is 11.3 Å². The summed E-state index contributed by atoms with van der Waals surface area (Å²) in [6.07, 6.45) is 7.65. The number of hydrogen-bond acceptors (Lipinski definition) is 5. The molecule has 0 atom stereocenters. The van der Waals surface area contributed by atoms with Crippen LogP contribution in [0.1, 0.15) is 83.5 Å². The molecule has 2 heterocycles. The third-order valence-corrected chi connectivity index (χ3v) is 5.72. The molecule has 30 heavy (non-hydrogen) atoms. The summed E-state index contributed by atoms with van der Waals surface area (Å²) in [7, 11) is 0. The van der Waals surface area contributed by atoms with Crippen molar-refractivity contribution in [2.45, 2.75) is 83.6 Å². The molecule has 1 aliphatic rings. The minimum atomic E-state index is -0.142. The lowest BCUT2D eigenvalue weighted by molar-refractivity contribution is -0.116. The van der Waals surface area contributed by atoms with Crippen molar-refractivity contribution < 1.29 is 9.32 Å². The van der Waals surface area contributed by atoms with Crippen molar-refractivity contribution in [3.8, 4) is 0 Å². The topological polar surface area (TPSA) is 85.8 Å². The highest BCUT2D eigenvalue weighted by atomic mass is 16.5. The van der Waals surface area contributed by atoms with Gasteiger partial charge in [-0.05, 0) is 31.4 Å². The summed E-state index contributed by atoms with van der Waals surface area (Å²) in [6.45, 7) is 6.15. The molecular weight excluding hydrogens is 378 g/mol. The highest BCUT2D eigenvalue weighted by Crippen LogP contribution is 2.34. The van der Waals surface area contributed by atoms with Gasteiger partial charge in [0.15, 0.2) is 5.82 Å². The largest absolute Gasteiger partial charge is 0.339 e. The highest BCUT2D eigenvalue weighted by Gasteiger charge is 2.23. The predicted octanol–water partition coefficient (Wildman–Crippen LogP) is 5.18. The number of benzene rings is 1. The molecule has 0 spiro atoms. The van der Waals surface area contributed by atoms with Crippen molar-refractivity contribution in [1.29, 1.82) is 0 Å². The number of aryl methyl sites for hydroxylation is 1. The van der Waals surface area contributed by atoms with Crippen LogP contribution in [-0.2, 0) is 16.6 Å². The third-order valence-electron chi connectivity index (χ3n) is 5.72. The van der Waals surface area contributed by atoms with Gasteiger partial charge in [-0.2, -0.15) is 4.98 Å². The average Bonchev–Trinajstić information content (AvgIpc) is 3.33. The van der Waals surface area contributed by atoms with E-state index in [1.165, 1.54) is 19.3 Å². The van der Waals surface area contributed by atoms with E-state index in [1.54, 1.807) is 0 Å². The Balaban J connectivity index is 1.41. The van der Waals surface area contributed by atoms with Crippen molar-refractivity contribution in [3.63, 3.8) is 0 Å². The van der Waals surface area contributed by atoms with Crippen molar-refractivity contribution >= 4 is 22.9 Å². The first-order valence-electron chi connectivity index (χ1n) is 11.0. The minimum Gasteiger partial charge on any atom is -0.339 e. The Bertz CT molecular complexity index is 1010. The van der Waals surface area contributed by atoms with E-state index in [0.717, 1.165) is 23.9 Å². The second-order valence-corrected chi connectivity index (χ2v) is 9.25. The van der Waals surface area contributed by atoms with Crippen LogP contribution in [0.3, 0.4) is 0 Å². The molecule has 0 unspecified atom stereocenters. The number of nitrogens with one attached hydrogen (secondary N) is 1. The Morgan fingerprint density at radius 2 is 1.93 bits per heavy atom. The van der Waals surface area contributed by atoms with Gasteiger partial charge in [-0.15, -0.1) is 0 Å². The molecule has 7 nitrogen and oxygen atoms in total. The fourth-order valence-corrected chi connectivity index (χ4v) is 4.09.